The third-order valence-electron chi connectivity index (χ3n) is 2.81. The van der Waals surface area contributed by atoms with Crippen molar-refractivity contribution in [3.8, 4) is 0 Å². The van der Waals surface area contributed by atoms with E-state index in [9.17, 15) is 0 Å². The van der Waals surface area contributed by atoms with E-state index < -0.39 is 0 Å². The third-order valence-corrected chi connectivity index (χ3v) is 2.81. The Balaban J connectivity index is 0.00000200. The molecule has 4 nitrogen and oxygen atoms in total. The summed E-state index contributed by atoms with van der Waals surface area (Å²) in [5.74, 6) is 0.399. The summed E-state index contributed by atoms with van der Waals surface area (Å²) in [4.78, 5) is 8.58. The van der Waals surface area contributed by atoms with Gasteiger partial charge in [-0.05, 0) is 43.2 Å². The van der Waals surface area contributed by atoms with Gasteiger partial charge in [-0.15, -0.1) is 24.0 Å². The molecular formula is C15H19IN4. The molecule has 0 aliphatic heterocycles. The summed E-state index contributed by atoms with van der Waals surface area (Å²) in [6, 6.07) is 11.9. The van der Waals surface area contributed by atoms with Crippen molar-refractivity contribution in [2.45, 2.75) is 20.4 Å². The van der Waals surface area contributed by atoms with Gasteiger partial charge < -0.3 is 11.1 Å². The first-order valence-electron chi connectivity index (χ1n) is 6.19. The van der Waals surface area contributed by atoms with Crippen molar-refractivity contribution >= 4 is 35.6 Å². The first-order chi connectivity index (χ1) is 9.15. The van der Waals surface area contributed by atoms with Crippen molar-refractivity contribution in [3.05, 3.63) is 59.4 Å². The molecule has 0 radical (unpaired) electrons. The summed E-state index contributed by atoms with van der Waals surface area (Å²) < 4.78 is 0. The largest absolute Gasteiger partial charge is 0.370 e. The average molecular weight is 382 g/mol. The molecule has 5 heteroatoms. The number of aliphatic imine (C=N–C) groups is 1. The molecule has 0 unspecified atom stereocenters. The molecule has 2 aromatic rings. The molecule has 1 aromatic carbocycles. The van der Waals surface area contributed by atoms with E-state index in [1.54, 1.807) is 6.20 Å². The fraction of sp³-hybridized carbons (Fsp3) is 0.200. The van der Waals surface area contributed by atoms with E-state index in [2.05, 4.69) is 15.3 Å². The normalized spacial score (nSPS) is 10.8. The van der Waals surface area contributed by atoms with Crippen LogP contribution in [0, 0.1) is 13.8 Å². The highest BCUT2D eigenvalue weighted by Gasteiger charge is 1.99. The fourth-order valence-corrected chi connectivity index (χ4v) is 1.75. The van der Waals surface area contributed by atoms with Crippen LogP contribution in [0.1, 0.15) is 16.8 Å². The van der Waals surface area contributed by atoms with Crippen molar-refractivity contribution in [2.75, 3.05) is 5.32 Å². The first kappa shape index (κ1) is 16.4. The number of pyridine rings is 1. The lowest BCUT2D eigenvalue weighted by Crippen LogP contribution is -2.22. The van der Waals surface area contributed by atoms with E-state index in [0.717, 1.165) is 16.9 Å². The molecular weight excluding hydrogens is 363 g/mol. The number of anilines is 1. The average Bonchev–Trinajstić information content (AvgIpc) is 2.38. The first-order valence-corrected chi connectivity index (χ1v) is 6.19. The predicted octanol–water partition coefficient (Wildman–Crippen LogP) is 3.24. The van der Waals surface area contributed by atoms with Gasteiger partial charge in [-0.1, -0.05) is 18.2 Å². The molecule has 3 N–H and O–H groups in total. The maximum atomic E-state index is 5.86. The molecule has 0 saturated carbocycles. The van der Waals surface area contributed by atoms with Gasteiger partial charge in [0.05, 0.1) is 12.2 Å². The second-order valence-electron chi connectivity index (χ2n) is 4.46. The van der Waals surface area contributed by atoms with E-state index in [0.29, 0.717) is 12.5 Å². The number of hydrogen-bond acceptors (Lipinski definition) is 2. The van der Waals surface area contributed by atoms with Crippen molar-refractivity contribution in [1.82, 2.24) is 4.98 Å². The highest BCUT2D eigenvalue weighted by atomic mass is 127. The van der Waals surface area contributed by atoms with E-state index in [-0.39, 0.29) is 24.0 Å². The summed E-state index contributed by atoms with van der Waals surface area (Å²) in [6.07, 6.45) is 1.77. The maximum Gasteiger partial charge on any atom is 0.193 e. The van der Waals surface area contributed by atoms with Crippen LogP contribution >= 0.6 is 24.0 Å². The van der Waals surface area contributed by atoms with E-state index in [1.165, 1.54) is 5.56 Å². The Morgan fingerprint density at radius 1 is 1.25 bits per heavy atom. The molecule has 1 aromatic heterocycles. The molecule has 106 valence electrons. The second kappa shape index (κ2) is 7.84. The molecule has 0 saturated heterocycles. The van der Waals surface area contributed by atoms with Crippen LogP contribution in [0.5, 0.6) is 0 Å². The zero-order valence-electron chi connectivity index (χ0n) is 11.6. The van der Waals surface area contributed by atoms with Gasteiger partial charge in [-0.3, -0.25) is 4.98 Å². The molecule has 1 heterocycles. The number of nitrogens with zero attached hydrogens (tertiary/aromatic N) is 2. The lowest BCUT2D eigenvalue weighted by molar-refractivity contribution is 0.964. The fourth-order valence-electron chi connectivity index (χ4n) is 1.75. The summed E-state index contributed by atoms with van der Waals surface area (Å²) >= 11 is 0. The van der Waals surface area contributed by atoms with Crippen molar-refractivity contribution in [1.29, 1.82) is 0 Å². The minimum Gasteiger partial charge on any atom is -0.370 e. The monoisotopic (exact) mass is 382 g/mol. The lowest BCUT2D eigenvalue weighted by Gasteiger charge is -2.06. The zero-order chi connectivity index (χ0) is 13.7. The topological polar surface area (TPSA) is 63.3 Å². The highest BCUT2D eigenvalue weighted by molar-refractivity contribution is 14.0. The van der Waals surface area contributed by atoms with E-state index >= 15 is 0 Å². The number of rotatable bonds is 3. The number of hydrogen-bond donors (Lipinski definition) is 2. The van der Waals surface area contributed by atoms with Crippen LogP contribution in [0.2, 0.25) is 0 Å². The van der Waals surface area contributed by atoms with Gasteiger partial charge in [-0.25, -0.2) is 4.99 Å². The number of halogens is 1. The molecule has 0 aliphatic carbocycles. The van der Waals surface area contributed by atoms with Crippen LogP contribution in [-0.2, 0) is 6.54 Å². The van der Waals surface area contributed by atoms with E-state index in [1.807, 2.05) is 50.2 Å². The zero-order valence-corrected chi connectivity index (χ0v) is 14.0. The molecule has 0 atom stereocenters. The van der Waals surface area contributed by atoms with Crippen LogP contribution in [0.15, 0.2) is 47.6 Å². The maximum absolute atomic E-state index is 5.86. The number of aryl methyl sites for hydroxylation is 2. The Labute approximate surface area is 136 Å². The number of nitrogens with two attached hydrogens (primary N) is 1. The number of nitrogens with one attached hydrogen (secondary N) is 1. The van der Waals surface area contributed by atoms with Gasteiger partial charge in [0.2, 0.25) is 0 Å². The molecule has 2 rings (SSSR count). The smallest absolute Gasteiger partial charge is 0.193 e. The SMILES string of the molecule is Cc1cccc(NC(N)=NCc2ncccc2C)c1.I. The summed E-state index contributed by atoms with van der Waals surface area (Å²) in [6.45, 7) is 4.54. The Morgan fingerprint density at radius 2 is 2.05 bits per heavy atom. The van der Waals surface area contributed by atoms with Crippen molar-refractivity contribution in [3.63, 3.8) is 0 Å². The Kier molecular flexibility index (Phi) is 6.44. The molecule has 0 fully saturated rings. The summed E-state index contributed by atoms with van der Waals surface area (Å²) in [5, 5.41) is 3.07. The van der Waals surface area contributed by atoms with Gasteiger partial charge in [0.15, 0.2) is 5.96 Å². The van der Waals surface area contributed by atoms with Crippen LogP contribution in [-0.4, -0.2) is 10.9 Å². The van der Waals surface area contributed by atoms with Crippen molar-refractivity contribution < 1.29 is 0 Å². The third kappa shape index (κ3) is 4.80. The quantitative estimate of drug-likeness (QED) is 0.487. The van der Waals surface area contributed by atoms with Crippen molar-refractivity contribution in [2.24, 2.45) is 10.7 Å². The molecule has 0 bridgehead atoms. The minimum atomic E-state index is 0. The standard InChI is InChI=1S/C15H18N4.HI/c1-11-5-3-7-13(9-11)19-15(16)18-10-14-12(2)6-4-8-17-14;/h3-9H,10H2,1-2H3,(H3,16,18,19);1H. The van der Waals surface area contributed by atoms with Crippen LogP contribution in [0.3, 0.4) is 0 Å². The van der Waals surface area contributed by atoms with Gasteiger partial charge in [0.25, 0.3) is 0 Å². The molecule has 0 spiro atoms. The van der Waals surface area contributed by atoms with Gasteiger partial charge in [0, 0.05) is 11.9 Å². The molecule has 0 aliphatic rings. The second-order valence-corrected chi connectivity index (χ2v) is 4.46. The number of benzene rings is 1. The molecule has 0 amide bonds. The van der Waals surface area contributed by atoms with Crippen LogP contribution < -0.4 is 11.1 Å². The Hall–Kier alpha value is -1.63. The highest BCUT2D eigenvalue weighted by Crippen LogP contribution is 2.09. The Bertz CT molecular complexity index is 596. The predicted molar refractivity (Wildman–Crippen MR) is 94.5 cm³/mol. The minimum absolute atomic E-state index is 0. The van der Waals surface area contributed by atoms with Crippen LogP contribution in [0.25, 0.3) is 0 Å². The summed E-state index contributed by atoms with van der Waals surface area (Å²) in [7, 11) is 0. The summed E-state index contributed by atoms with van der Waals surface area (Å²) in [5.41, 5.74) is 10.0. The van der Waals surface area contributed by atoms with Gasteiger partial charge in [0.1, 0.15) is 0 Å². The number of aromatic nitrogens is 1. The van der Waals surface area contributed by atoms with Gasteiger partial charge in [-0.2, -0.15) is 0 Å². The van der Waals surface area contributed by atoms with Crippen LogP contribution in [0.4, 0.5) is 5.69 Å². The number of guanidine groups is 1. The van der Waals surface area contributed by atoms with Gasteiger partial charge >= 0.3 is 0 Å². The molecule has 20 heavy (non-hydrogen) atoms. The van der Waals surface area contributed by atoms with E-state index in [4.69, 9.17) is 5.73 Å². The lowest BCUT2D eigenvalue weighted by atomic mass is 10.2. The Morgan fingerprint density at radius 3 is 2.75 bits per heavy atom.